The molecule has 1 aliphatic heterocycles. The average molecular weight is 451 g/mol. The van der Waals surface area contributed by atoms with Gasteiger partial charge >= 0.3 is 5.97 Å². The molecule has 0 aromatic rings. The van der Waals surface area contributed by atoms with E-state index in [9.17, 15) is 19.2 Å². The Balaban J connectivity index is 2.44. The van der Waals surface area contributed by atoms with E-state index >= 15 is 0 Å². The molecule has 0 bridgehead atoms. The minimum atomic E-state index is -1.64. The van der Waals surface area contributed by atoms with Crippen LogP contribution in [0.2, 0.25) is 0 Å². The van der Waals surface area contributed by atoms with E-state index in [-0.39, 0.29) is 36.5 Å². The van der Waals surface area contributed by atoms with Gasteiger partial charge in [-0.1, -0.05) is 25.6 Å². The molecule has 0 aliphatic carbocycles. The Bertz CT molecular complexity index is 606. The van der Waals surface area contributed by atoms with Crippen molar-refractivity contribution in [1.82, 2.24) is 15.7 Å². The third-order valence-corrected chi connectivity index (χ3v) is 6.12. The van der Waals surface area contributed by atoms with Crippen LogP contribution < -0.4 is 15.7 Å². The molecule has 0 spiro atoms. The summed E-state index contributed by atoms with van der Waals surface area (Å²) in [7, 11) is -0.358. The van der Waals surface area contributed by atoms with Crippen LogP contribution in [0.15, 0.2) is 0 Å². The summed E-state index contributed by atoms with van der Waals surface area (Å²) in [5.74, 6) is -0.508. The molecule has 0 saturated carbocycles. The smallest absolute Gasteiger partial charge is 0.322 e. The molecule has 3 unspecified atom stereocenters. The molecule has 1 saturated heterocycles. The van der Waals surface area contributed by atoms with Crippen molar-refractivity contribution in [1.29, 1.82) is 0 Å². The quantitative estimate of drug-likeness (QED) is 0.250. The Hall–Kier alpha value is -1.26. The summed E-state index contributed by atoms with van der Waals surface area (Å²) in [5, 5.41) is 8.27. The molecule has 0 aromatic heterocycles. The molecule has 1 fully saturated rings. The van der Waals surface area contributed by atoms with Gasteiger partial charge in [-0.15, -0.1) is 0 Å². The van der Waals surface area contributed by atoms with Gasteiger partial charge in [0, 0.05) is 37.6 Å². The normalized spacial score (nSPS) is 21.7. The van der Waals surface area contributed by atoms with Crippen LogP contribution in [-0.2, 0) is 33.0 Å². The van der Waals surface area contributed by atoms with Crippen molar-refractivity contribution < 1.29 is 33.0 Å². The van der Waals surface area contributed by atoms with Gasteiger partial charge in [0.25, 0.3) is 8.53 Å². The van der Waals surface area contributed by atoms with E-state index in [1.54, 1.807) is 6.92 Å². The second kappa shape index (κ2) is 12.4. The van der Waals surface area contributed by atoms with Crippen molar-refractivity contribution in [3.05, 3.63) is 0 Å². The molecule has 12 heteroatoms. The predicted molar refractivity (Wildman–Crippen MR) is 110 cm³/mol. The van der Waals surface area contributed by atoms with E-state index in [2.05, 4.69) is 20.5 Å². The highest BCUT2D eigenvalue weighted by Gasteiger charge is 2.44. The van der Waals surface area contributed by atoms with Gasteiger partial charge in [-0.3, -0.25) is 19.2 Å². The van der Waals surface area contributed by atoms with E-state index in [1.165, 1.54) is 14.0 Å². The highest BCUT2D eigenvalue weighted by molar-refractivity contribution is 8.13. The van der Waals surface area contributed by atoms with E-state index < -0.39 is 32.1 Å². The zero-order valence-electron chi connectivity index (χ0n) is 17.4. The Morgan fingerprint density at radius 1 is 1.24 bits per heavy atom. The van der Waals surface area contributed by atoms with Gasteiger partial charge in [0.2, 0.25) is 11.8 Å². The first kappa shape index (κ1) is 25.8. The summed E-state index contributed by atoms with van der Waals surface area (Å²) < 4.78 is 16.0. The summed E-state index contributed by atoms with van der Waals surface area (Å²) in [5.41, 5.74) is -0.578. The second-order valence-corrected chi connectivity index (χ2v) is 9.62. The van der Waals surface area contributed by atoms with Crippen LogP contribution in [0.4, 0.5) is 0 Å². The predicted octanol–water partition coefficient (Wildman–Crippen LogP) is 0.708. The first-order valence-corrected chi connectivity index (χ1v) is 11.3. The molecule has 0 aromatic carbocycles. The Kier molecular flexibility index (Phi) is 11.1. The lowest BCUT2D eigenvalue weighted by molar-refractivity contribution is -0.142. The molecule has 1 rings (SSSR count). The van der Waals surface area contributed by atoms with Crippen molar-refractivity contribution in [2.24, 2.45) is 5.41 Å². The Labute approximate surface area is 176 Å². The van der Waals surface area contributed by atoms with Crippen LogP contribution in [0.25, 0.3) is 0 Å². The lowest BCUT2D eigenvalue weighted by atomic mass is 9.87. The monoisotopic (exact) mass is 451 g/mol. The molecular weight excluding hydrogens is 421 g/mol. The van der Waals surface area contributed by atoms with Crippen molar-refractivity contribution in [2.45, 2.75) is 46.3 Å². The largest absolute Gasteiger partial charge is 0.468 e. The lowest BCUT2D eigenvalue weighted by Gasteiger charge is -2.40. The number of hydrogen-bond donors (Lipinski definition) is 3. The van der Waals surface area contributed by atoms with E-state index in [0.717, 1.165) is 11.8 Å². The fraction of sp³-hybridized carbons (Fsp3) is 0.765. The zero-order chi connectivity index (χ0) is 22.0. The van der Waals surface area contributed by atoms with Crippen LogP contribution in [0.5, 0.6) is 0 Å². The number of rotatable bonds is 10. The van der Waals surface area contributed by atoms with Crippen molar-refractivity contribution >= 4 is 43.2 Å². The summed E-state index contributed by atoms with van der Waals surface area (Å²) >= 11 is 1.14. The zero-order valence-corrected chi connectivity index (χ0v) is 19.1. The molecule has 10 nitrogen and oxygen atoms in total. The van der Waals surface area contributed by atoms with Gasteiger partial charge in [-0.25, -0.2) is 5.09 Å². The number of nitrogens with one attached hydrogen (secondary N) is 3. The summed E-state index contributed by atoms with van der Waals surface area (Å²) in [6.45, 7) is 7.58. The maximum atomic E-state index is 12.6. The molecule has 0 radical (unpaired) electrons. The average Bonchev–Trinajstić information content (AvgIpc) is 2.65. The summed E-state index contributed by atoms with van der Waals surface area (Å²) in [6, 6.07) is -0.638. The van der Waals surface area contributed by atoms with Crippen LogP contribution in [0, 0.1) is 5.41 Å². The van der Waals surface area contributed by atoms with Gasteiger partial charge in [-0.05, 0) is 6.92 Å². The number of thioether (sulfide) groups is 1. The van der Waals surface area contributed by atoms with Crippen LogP contribution in [-0.4, -0.2) is 67.6 Å². The third-order valence-electron chi connectivity index (χ3n) is 3.94. The van der Waals surface area contributed by atoms with Crippen LogP contribution in [0.1, 0.15) is 34.1 Å². The topological polar surface area (TPSA) is 132 Å². The third kappa shape index (κ3) is 9.39. The molecule has 29 heavy (non-hydrogen) atoms. The minimum Gasteiger partial charge on any atom is -0.468 e. The maximum Gasteiger partial charge on any atom is 0.322 e. The summed E-state index contributed by atoms with van der Waals surface area (Å²) in [4.78, 5) is 46.7. The highest BCUT2D eigenvalue weighted by Crippen LogP contribution is 2.46. The number of methoxy groups -OCH3 is 1. The molecule has 166 valence electrons. The van der Waals surface area contributed by atoms with Gasteiger partial charge in [0.1, 0.15) is 6.04 Å². The number of amides is 2. The van der Waals surface area contributed by atoms with Gasteiger partial charge in [0.05, 0.1) is 13.7 Å². The van der Waals surface area contributed by atoms with Crippen LogP contribution in [0.3, 0.4) is 0 Å². The fourth-order valence-corrected chi connectivity index (χ4v) is 4.43. The number of esters is 1. The fourth-order valence-electron chi connectivity index (χ4n) is 2.29. The maximum absolute atomic E-state index is 12.6. The van der Waals surface area contributed by atoms with E-state index in [0.29, 0.717) is 12.3 Å². The van der Waals surface area contributed by atoms with Crippen molar-refractivity contribution in [2.75, 3.05) is 32.6 Å². The number of hydrogen-bond acceptors (Lipinski definition) is 9. The Morgan fingerprint density at radius 3 is 2.55 bits per heavy atom. The van der Waals surface area contributed by atoms with Crippen molar-refractivity contribution in [3.8, 4) is 0 Å². The lowest BCUT2D eigenvalue weighted by Crippen LogP contribution is -2.51. The van der Waals surface area contributed by atoms with Crippen LogP contribution >= 0.6 is 20.3 Å². The van der Waals surface area contributed by atoms with Gasteiger partial charge < -0.3 is 24.4 Å². The molecule has 3 N–H and O–H groups in total. The Morgan fingerprint density at radius 2 is 1.93 bits per heavy atom. The number of carbonyl (C=O) groups excluding carboxylic acids is 4. The molecular formula is C17H30N3O7PS. The number of ether oxygens (including phenoxy) is 1. The molecule has 1 heterocycles. The highest BCUT2D eigenvalue weighted by atomic mass is 32.2. The number of carbonyl (C=O) groups is 4. The van der Waals surface area contributed by atoms with Gasteiger partial charge in [-0.2, -0.15) is 0 Å². The second-order valence-electron chi connectivity index (χ2n) is 7.11. The molecule has 2 amide bonds. The minimum absolute atomic E-state index is 0.000944. The van der Waals surface area contributed by atoms with Gasteiger partial charge in [0.15, 0.2) is 11.2 Å². The first-order valence-electron chi connectivity index (χ1n) is 9.18. The van der Waals surface area contributed by atoms with Crippen molar-refractivity contribution in [3.63, 3.8) is 0 Å². The SMILES string of the molecule is COC(=O)C(C)NP1OCC(C)(C)C(C(=O)NCCC(=O)NCCSC(C)=O)O1. The first-order chi connectivity index (χ1) is 13.6. The summed E-state index contributed by atoms with van der Waals surface area (Å²) in [6.07, 6.45) is -0.679. The molecule has 3 atom stereocenters. The van der Waals surface area contributed by atoms with E-state index in [1.807, 2.05) is 13.8 Å². The molecule has 1 aliphatic rings. The van der Waals surface area contributed by atoms with E-state index in [4.69, 9.17) is 9.05 Å². The standard InChI is InChI=1S/C17H30N3O7PS/c1-11(16(24)25-5)20-28-26-10-17(3,4)14(27-28)15(23)19-7-6-13(22)18-8-9-29-12(2)21/h11,14,20H,6-10H2,1-5H3,(H,18,22)(H,19,23).